The van der Waals surface area contributed by atoms with Crippen molar-refractivity contribution >= 4 is 20.0 Å². The molecule has 0 aliphatic carbocycles. The highest BCUT2D eigenvalue weighted by atomic mass is 35.7. The van der Waals surface area contributed by atoms with Crippen LogP contribution in [0.3, 0.4) is 0 Å². The molecule has 0 saturated heterocycles. The van der Waals surface area contributed by atoms with E-state index in [1.54, 1.807) is 0 Å². The lowest BCUT2D eigenvalue weighted by atomic mass is 10.9. The molecule has 0 fully saturated rings. The monoisotopic (exact) mass is 143 g/mol. The molecule has 43 valence electrons. The molecule has 0 N–H and O–H groups in total. The second kappa shape index (κ2) is 2.49. The van der Waals surface area contributed by atoms with E-state index >= 15 is 0 Å². The Morgan fingerprint density at radius 2 is 2.14 bits per heavy atom. The Hall–Kier alpha value is 0.200. The summed E-state index contributed by atoms with van der Waals surface area (Å²) in [7, 11) is 0.779. The quantitative estimate of drug-likeness (QED) is 0.523. The van der Waals surface area contributed by atoms with Crippen molar-refractivity contribution in [1.82, 2.24) is 0 Å². The van der Waals surface area contributed by atoms with E-state index in [-0.39, 0.29) is 6.61 Å². The molecule has 3 nitrogen and oxygen atoms in total. The van der Waals surface area contributed by atoms with Crippen LogP contribution in [-0.4, -0.2) is 15.0 Å². The zero-order chi connectivity index (χ0) is 5.91. The molecule has 0 spiro atoms. The number of hydrogen-bond acceptors (Lipinski definition) is 3. The molecule has 0 amide bonds. The minimum Gasteiger partial charge on any atom is -0.258 e. The molecule has 0 aliphatic heterocycles. The first-order valence-corrected chi connectivity index (χ1v) is 3.68. The van der Waals surface area contributed by atoms with Crippen molar-refractivity contribution in [2.45, 2.75) is 0 Å². The summed E-state index contributed by atoms with van der Waals surface area (Å²) in [5.74, 6) is 0. The molecule has 1 radical (unpaired) electrons. The second-order valence-electron chi connectivity index (χ2n) is 0.715. The largest absolute Gasteiger partial charge is 0.355 e. The first-order valence-electron chi connectivity index (χ1n) is 1.44. The van der Waals surface area contributed by atoms with E-state index in [9.17, 15) is 8.42 Å². The van der Waals surface area contributed by atoms with Gasteiger partial charge >= 0.3 is 9.33 Å². The van der Waals surface area contributed by atoms with Gasteiger partial charge in [-0.05, 0) is 6.92 Å². The van der Waals surface area contributed by atoms with Gasteiger partial charge in [-0.15, -0.1) is 0 Å². The topological polar surface area (TPSA) is 43.4 Å². The van der Waals surface area contributed by atoms with Gasteiger partial charge in [0.05, 0.1) is 6.61 Å². The fraction of sp³-hybridized carbons (Fsp3) is 0.500. The van der Waals surface area contributed by atoms with Crippen molar-refractivity contribution in [3.8, 4) is 0 Å². The molecule has 0 rings (SSSR count). The summed E-state index contributed by atoms with van der Waals surface area (Å²) in [6.45, 7) is 2.92. The van der Waals surface area contributed by atoms with Crippen LogP contribution >= 0.6 is 10.7 Å². The second-order valence-corrected chi connectivity index (χ2v) is 2.87. The molecule has 0 aromatic carbocycles. The Bertz CT molecular complexity index is 126. The maximum absolute atomic E-state index is 9.73. The molecule has 0 heterocycles. The van der Waals surface area contributed by atoms with Gasteiger partial charge in [0, 0.05) is 10.7 Å². The Morgan fingerprint density at radius 1 is 1.71 bits per heavy atom. The summed E-state index contributed by atoms with van der Waals surface area (Å²) >= 11 is 0. The predicted octanol–water partition coefficient (Wildman–Crippen LogP) is 0.321. The van der Waals surface area contributed by atoms with Crippen LogP contribution in [0.25, 0.3) is 0 Å². The standard InChI is InChI=1S/C2H4ClO3S/c1-2-6-7(3,4)5/h1-2H2. The van der Waals surface area contributed by atoms with Crippen molar-refractivity contribution in [3.63, 3.8) is 0 Å². The lowest BCUT2D eigenvalue weighted by Gasteiger charge is -1.87. The fourth-order valence-corrected chi connectivity index (χ4v) is 0.488. The van der Waals surface area contributed by atoms with Gasteiger partial charge in [-0.3, -0.25) is 4.18 Å². The van der Waals surface area contributed by atoms with Crippen LogP contribution in [0, 0.1) is 6.92 Å². The third kappa shape index (κ3) is 6.20. The van der Waals surface area contributed by atoms with Gasteiger partial charge in [0.2, 0.25) is 0 Å². The van der Waals surface area contributed by atoms with Crippen LogP contribution in [0.2, 0.25) is 0 Å². The summed E-state index contributed by atoms with van der Waals surface area (Å²) in [5, 5.41) is 0. The zero-order valence-electron chi connectivity index (χ0n) is 3.43. The number of halogens is 1. The summed E-state index contributed by atoms with van der Waals surface area (Å²) < 4.78 is 23.3. The van der Waals surface area contributed by atoms with Gasteiger partial charge in [0.25, 0.3) is 0 Å². The van der Waals surface area contributed by atoms with Crippen LogP contribution in [0.4, 0.5) is 0 Å². The zero-order valence-corrected chi connectivity index (χ0v) is 5.00. The lowest BCUT2D eigenvalue weighted by Crippen LogP contribution is -1.94. The average Bonchev–Trinajstić information content (AvgIpc) is 1.30. The minimum atomic E-state index is -3.76. The molecule has 0 atom stereocenters. The Kier molecular flexibility index (Phi) is 2.56. The van der Waals surface area contributed by atoms with Crippen LogP contribution in [0.1, 0.15) is 0 Å². The van der Waals surface area contributed by atoms with E-state index in [1.165, 1.54) is 0 Å². The first kappa shape index (κ1) is 7.20. The van der Waals surface area contributed by atoms with Gasteiger partial charge < -0.3 is 0 Å². The highest BCUT2D eigenvalue weighted by Crippen LogP contribution is 1.95. The Balaban J connectivity index is 3.60. The van der Waals surface area contributed by atoms with E-state index in [1.807, 2.05) is 0 Å². The molecule has 0 saturated carbocycles. The van der Waals surface area contributed by atoms with E-state index in [0.717, 1.165) is 0 Å². The van der Waals surface area contributed by atoms with Crippen molar-refractivity contribution in [3.05, 3.63) is 6.92 Å². The SMILES string of the molecule is [CH2]COS(=O)(=O)Cl. The van der Waals surface area contributed by atoms with Crippen LogP contribution < -0.4 is 0 Å². The third-order valence-corrected chi connectivity index (χ3v) is 0.940. The van der Waals surface area contributed by atoms with Crippen molar-refractivity contribution in [1.29, 1.82) is 0 Å². The van der Waals surface area contributed by atoms with Crippen molar-refractivity contribution in [2.75, 3.05) is 6.61 Å². The third-order valence-electron chi connectivity index (χ3n) is 0.224. The van der Waals surface area contributed by atoms with Crippen molar-refractivity contribution < 1.29 is 12.6 Å². The van der Waals surface area contributed by atoms with Gasteiger partial charge in [-0.1, -0.05) is 0 Å². The molecular weight excluding hydrogens is 140 g/mol. The maximum atomic E-state index is 9.73. The lowest BCUT2D eigenvalue weighted by molar-refractivity contribution is 0.368. The van der Waals surface area contributed by atoms with E-state index in [2.05, 4.69) is 21.8 Å². The summed E-state index contributed by atoms with van der Waals surface area (Å²) in [6.07, 6.45) is 0. The molecule has 0 bridgehead atoms. The van der Waals surface area contributed by atoms with Crippen LogP contribution in [-0.2, 0) is 13.5 Å². The Morgan fingerprint density at radius 3 is 2.14 bits per heavy atom. The molecule has 7 heavy (non-hydrogen) atoms. The maximum Gasteiger partial charge on any atom is 0.355 e. The molecule has 0 aromatic heterocycles. The highest BCUT2D eigenvalue weighted by Gasteiger charge is 1.99. The first-order chi connectivity index (χ1) is 3.06. The van der Waals surface area contributed by atoms with Gasteiger partial charge in [0.15, 0.2) is 0 Å². The number of rotatable bonds is 2. The van der Waals surface area contributed by atoms with E-state index in [4.69, 9.17) is 0 Å². The molecule has 0 unspecified atom stereocenters. The van der Waals surface area contributed by atoms with Gasteiger partial charge in [-0.25, -0.2) is 0 Å². The predicted molar refractivity (Wildman–Crippen MR) is 26.1 cm³/mol. The van der Waals surface area contributed by atoms with Crippen LogP contribution in [0.15, 0.2) is 0 Å². The van der Waals surface area contributed by atoms with E-state index in [0.29, 0.717) is 0 Å². The smallest absolute Gasteiger partial charge is 0.258 e. The van der Waals surface area contributed by atoms with Crippen LogP contribution in [0.5, 0.6) is 0 Å². The average molecular weight is 144 g/mol. The summed E-state index contributed by atoms with van der Waals surface area (Å²) in [6, 6.07) is 0. The number of hydrogen-bond donors (Lipinski definition) is 0. The van der Waals surface area contributed by atoms with E-state index < -0.39 is 9.33 Å². The summed E-state index contributed by atoms with van der Waals surface area (Å²) in [4.78, 5) is 0. The normalized spacial score (nSPS) is 11.7. The molecular formula is C2H4ClO3S. The van der Waals surface area contributed by atoms with Gasteiger partial charge in [-0.2, -0.15) is 8.42 Å². The summed E-state index contributed by atoms with van der Waals surface area (Å²) in [5.41, 5.74) is 0. The highest BCUT2D eigenvalue weighted by molar-refractivity contribution is 8.09. The van der Waals surface area contributed by atoms with Gasteiger partial charge in [0.1, 0.15) is 0 Å². The Labute approximate surface area is 46.9 Å². The molecule has 0 aliphatic rings. The molecule has 0 aromatic rings. The minimum absolute atomic E-state index is 0.161. The van der Waals surface area contributed by atoms with Crippen molar-refractivity contribution in [2.24, 2.45) is 0 Å². The fourth-order valence-electron chi connectivity index (χ4n) is 0.0995. The molecule has 5 heteroatoms.